The Morgan fingerprint density at radius 3 is 2.38 bits per heavy atom. The van der Waals surface area contributed by atoms with Crippen LogP contribution in [0.2, 0.25) is 0 Å². The molecule has 0 spiro atoms. The highest BCUT2D eigenvalue weighted by Gasteiger charge is 2.16. The fourth-order valence-electron chi connectivity index (χ4n) is 2.37. The maximum Gasteiger partial charge on any atom is 0.251 e. The predicted octanol–water partition coefficient (Wildman–Crippen LogP) is 2.98. The van der Waals surface area contributed by atoms with Crippen LogP contribution >= 0.6 is 0 Å². The van der Waals surface area contributed by atoms with Crippen LogP contribution in [0.3, 0.4) is 0 Å². The van der Waals surface area contributed by atoms with Gasteiger partial charge in [0.25, 0.3) is 5.91 Å². The monoisotopic (exact) mass is 347 g/mol. The van der Waals surface area contributed by atoms with Crippen molar-refractivity contribution in [1.82, 2.24) is 5.32 Å². The Hall–Kier alpha value is -2.34. The number of amides is 1. The van der Waals surface area contributed by atoms with Gasteiger partial charge in [0, 0.05) is 11.8 Å². The molecule has 0 aliphatic carbocycles. The molecular weight excluding hydrogens is 326 g/mol. The van der Waals surface area contributed by atoms with Crippen LogP contribution in [0.1, 0.15) is 35.3 Å². The average Bonchev–Trinajstić information content (AvgIpc) is 2.59. The van der Waals surface area contributed by atoms with Gasteiger partial charge >= 0.3 is 0 Å². The third-order valence-corrected chi connectivity index (χ3v) is 4.87. The molecule has 0 aliphatic heterocycles. The molecule has 0 heterocycles. The minimum absolute atomic E-state index is 0.132. The van der Waals surface area contributed by atoms with Gasteiger partial charge in [-0.2, -0.15) is 0 Å². The summed E-state index contributed by atoms with van der Waals surface area (Å²) in [7, 11) is -1.75. The van der Waals surface area contributed by atoms with E-state index in [0.29, 0.717) is 12.0 Å². The molecule has 24 heavy (non-hydrogen) atoms. The molecule has 0 bridgehead atoms. The van der Waals surface area contributed by atoms with Crippen LogP contribution in [0.25, 0.3) is 0 Å². The first-order valence-corrected chi connectivity index (χ1v) is 9.49. The Morgan fingerprint density at radius 2 is 1.83 bits per heavy atom. The van der Waals surface area contributed by atoms with Crippen molar-refractivity contribution in [2.75, 3.05) is 13.4 Å². The molecule has 5 nitrogen and oxygen atoms in total. The Labute approximate surface area is 142 Å². The number of hydrogen-bond acceptors (Lipinski definition) is 4. The number of carbonyl (C=O) groups is 1. The fourth-order valence-corrected chi connectivity index (χ4v) is 3.03. The first-order chi connectivity index (χ1) is 11.3. The van der Waals surface area contributed by atoms with Crippen LogP contribution in [0.15, 0.2) is 53.4 Å². The maximum atomic E-state index is 12.5. The van der Waals surface area contributed by atoms with Crippen molar-refractivity contribution in [3.8, 4) is 5.75 Å². The van der Waals surface area contributed by atoms with Gasteiger partial charge < -0.3 is 10.1 Å². The van der Waals surface area contributed by atoms with Crippen molar-refractivity contribution in [3.63, 3.8) is 0 Å². The summed E-state index contributed by atoms with van der Waals surface area (Å²) in [5.41, 5.74) is 1.29. The van der Waals surface area contributed by atoms with Gasteiger partial charge in [0.15, 0.2) is 9.84 Å². The predicted molar refractivity (Wildman–Crippen MR) is 93.0 cm³/mol. The fraction of sp³-hybridized carbons (Fsp3) is 0.278. The molecule has 0 saturated heterocycles. The Kier molecular flexibility index (Phi) is 5.62. The SMILES string of the molecule is CC[C@H](NC(=O)c1cccc(S(C)(=O)=O)c1)c1ccc(OC)cc1. The summed E-state index contributed by atoms with van der Waals surface area (Å²) in [6.07, 6.45) is 1.83. The summed E-state index contributed by atoms with van der Waals surface area (Å²) in [6.45, 7) is 1.97. The van der Waals surface area contributed by atoms with E-state index in [-0.39, 0.29) is 16.8 Å². The smallest absolute Gasteiger partial charge is 0.251 e. The van der Waals surface area contributed by atoms with Gasteiger partial charge in [0.2, 0.25) is 0 Å². The molecule has 0 aromatic heterocycles. The van der Waals surface area contributed by atoms with E-state index < -0.39 is 9.84 Å². The van der Waals surface area contributed by atoms with Crippen molar-refractivity contribution in [3.05, 3.63) is 59.7 Å². The van der Waals surface area contributed by atoms with E-state index in [0.717, 1.165) is 17.6 Å². The van der Waals surface area contributed by atoms with E-state index in [1.165, 1.54) is 12.1 Å². The molecule has 1 N–H and O–H groups in total. The standard InChI is InChI=1S/C18H21NO4S/c1-4-17(13-8-10-15(23-2)11-9-13)19-18(20)14-6-5-7-16(12-14)24(3,21)22/h5-12,17H,4H2,1-3H3,(H,19,20)/t17-/m0/s1. The Bertz CT molecular complexity index is 813. The van der Waals surface area contributed by atoms with E-state index in [2.05, 4.69) is 5.32 Å². The van der Waals surface area contributed by atoms with Gasteiger partial charge in [-0.15, -0.1) is 0 Å². The molecule has 6 heteroatoms. The van der Waals surface area contributed by atoms with Gasteiger partial charge in [0.05, 0.1) is 18.0 Å². The molecule has 0 fully saturated rings. The van der Waals surface area contributed by atoms with Gasteiger partial charge in [-0.1, -0.05) is 25.1 Å². The summed E-state index contributed by atoms with van der Waals surface area (Å²) in [4.78, 5) is 12.6. The van der Waals surface area contributed by atoms with E-state index >= 15 is 0 Å². The number of sulfone groups is 1. The lowest BCUT2D eigenvalue weighted by Gasteiger charge is -2.18. The summed E-state index contributed by atoms with van der Waals surface area (Å²) in [5, 5.41) is 2.94. The highest BCUT2D eigenvalue weighted by molar-refractivity contribution is 7.90. The lowest BCUT2D eigenvalue weighted by Crippen LogP contribution is -2.28. The minimum Gasteiger partial charge on any atom is -0.497 e. The van der Waals surface area contributed by atoms with E-state index in [9.17, 15) is 13.2 Å². The summed E-state index contributed by atoms with van der Waals surface area (Å²) in [6, 6.07) is 13.4. The van der Waals surface area contributed by atoms with Crippen LogP contribution in [0.5, 0.6) is 5.75 Å². The van der Waals surface area contributed by atoms with Crippen LogP contribution in [0, 0.1) is 0 Å². The third kappa shape index (κ3) is 4.35. The first kappa shape index (κ1) is 18.0. The van der Waals surface area contributed by atoms with E-state index in [1.54, 1.807) is 19.2 Å². The second kappa shape index (κ2) is 7.49. The number of benzene rings is 2. The van der Waals surface area contributed by atoms with Crippen LogP contribution < -0.4 is 10.1 Å². The van der Waals surface area contributed by atoms with E-state index in [1.807, 2.05) is 31.2 Å². The van der Waals surface area contributed by atoms with Gasteiger partial charge in [-0.3, -0.25) is 4.79 Å². The van der Waals surface area contributed by atoms with Crippen molar-refractivity contribution in [1.29, 1.82) is 0 Å². The molecule has 2 aromatic rings. The number of rotatable bonds is 6. The van der Waals surface area contributed by atoms with Crippen LogP contribution in [-0.4, -0.2) is 27.7 Å². The molecule has 128 valence electrons. The number of hydrogen-bond donors (Lipinski definition) is 1. The number of nitrogens with one attached hydrogen (secondary N) is 1. The third-order valence-electron chi connectivity index (χ3n) is 3.76. The lowest BCUT2D eigenvalue weighted by molar-refractivity contribution is 0.0935. The largest absolute Gasteiger partial charge is 0.497 e. The van der Waals surface area contributed by atoms with Crippen molar-refractivity contribution in [2.45, 2.75) is 24.3 Å². The summed E-state index contributed by atoms with van der Waals surface area (Å²) >= 11 is 0. The maximum absolute atomic E-state index is 12.5. The highest BCUT2D eigenvalue weighted by Crippen LogP contribution is 2.21. The zero-order chi connectivity index (χ0) is 17.7. The van der Waals surface area contributed by atoms with Crippen LogP contribution in [-0.2, 0) is 9.84 Å². The molecule has 0 unspecified atom stereocenters. The topological polar surface area (TPSA) is 72.5 Å². The Morgan fingerprint density at radius 1 is 1.17 bits per heavy atom. The summed E-state index contributed by atoms with van der Waals surface area (Å²) in [5.74, 6) is 0.448. The number of carbonyl (C=O) groups excluding carboxylic acids is 1. The molecule has 1 amide bonds. The number of methoxy groups -OCH3 is 1. The highest BCUT2D eigenvalue weighted by atomic mass is 32.2. The molecule has 0 radical (unpaired) electrons. The van der Waals surface area contributed by atoms with Gasteiger partial charge in [-0.25, -0.2) is 8.42 Å². The molecule has 2 rings (SSSR count). The van der Waals surface area contributed by atoms with Crippen LogP contribution in [0.4, 0.5) is 0 Å². The van der Waals surface area contributed by atoms with Crippen molar-refractivity contribution in [2.24, 2.45) is 0 Å². The normalized spacial score (nSPS) is 12.5. The molecule has 2 aromatic carbocycles. The average molecular weight is 347 g/mol. The molecular formula is C18H21NO4S. The molecule has 0 saturated carbocycles. The quantitative estimate of drug-likeness (QED) is 0.872. The lowest BCUT2D eigenvalue weighted by atomic mass is 10.0. The van der Waals surface area contributed by atoms with Crippen molar-refractivity contribution >= 4 is 15.7 Å². The van der Waals surface area contributed by atoms with Gasteiger partial charge in [0.1, 0.15) is 5.75 Å². The van der Waals surface area contributed by atoms with Gasteiger partial charge in [-0.05, 0) is 42.3 Å². The number of ether oxygens (including phenoxy) is 1. The van der Waals surface area contributed by atoms with Crippen molar-refractivity contribution < 1.29 is 17.9 Å². The second-order valence-electron chi connectivity index (χ2n) is 5.51. The summed E-state index contributed by atoms with van der Waals surface area (Å²) < 4.78 is 28.4. The molecule has 0 aliphatic rings. The second-order valence-corrected chi connectivity index (χ2v) is 7.52. The zero-order valence-electron chi connectivity index (χ0n) is 13.9. The first-order valence-electron chi connectivity index (χ1n) is 7.60. The minimum atomic E-state index is -3.35. The molecule has 1 atom stereocenters. The zero-order valence-corrected chi connectivity index (χ0v) is 14.8. The Balaban J connectivity index is 2.20. The van der Waals surface area contributed by atoms with E-state index in [4.69, 9.17) is 4.74 Å².